The van der Waals surface area contributed by atoms with Crippen LogP contribution in [0, 0.1) is 0 Å². The van der Waals surface area contributed by atoms with Crippen molar-refractivity contribution < 1.29 is 9.52 Å². The van der Waals surface area contributed by atoms with Crippen LogP contribution in [0.1, 0.15) is 18.6 Å². The number of benzene rings is 1. The van der Waals surface area contributed by atoms with E-state index in [1.807, 2.05) is 24.3 Å². The third-order valence-electron chi connectivity index (χ3n) is 4.07. The molecule has 3 rings (SSSR count). The van der Waals surface area contributed by atoms with Crippen LogP contribution in [-0.2, 0) is 6.54 Å². The fourth-order valence-corrected chi connectivity index (χ4v) is 2.97. The van der Waals surface area contributed by atoms with E-state index < -0.39 is 5.43 Å². The first-order chi connectivity index (χ1) is 11.1. The Morgan fingerprint density at radius 1 is 1.30 bits per heavy atom. The first kappa shape index (κ1) is 15.9. The van der Waals surface area contributed by atoms with Crippen molar-refractivity contribution in [2.45, 2.75) is 25.4 Å². The summed E-state index contributed by atoms with van der Waals surface area (Å²) in [6, 6.07) is 9.49. The van der Waals surface area contributed by atoms with E-state index in [4.69, 9.17) is 16.0 Å². The number of anilines is 1. The van der Waals surface area contributed by atoms with E-state index >= 15 is 0 Å². The Balaban J connectivity index is 1.53. The highest BCUT2D eigenvalue weighted by Gasteiger charge is 2.20. The van der Waals surface area contributed by atoms with Crippen molar-refractivity contribution in [3.8, 4) is 5.75 Å². The van der Waals surface area contributed by atoms with Gasteiger partial charge in [0.25, 0.3) is 0 Å². The lowest BCUT2D eigenvalue weighted by molar-refractivity contribution is 0.194. The van der Waals surface area contributed by atoms with Gasteiger partial charge < -0.3 is 14.8 Å². The van der Waals surface area contributed by atoms with Crippen LogP contribution in [0.25, 0.3) is 0 Å². The van der Waals surface area contributed by atoms with Crippen LogP contribution < -0.4 is 10.7 Å². The van der Waals surface area contributed by atoms with Crippen molar-refractivity contribution in [3.63, 3.8) is 0 Å². The number of hydrogen-bond acceptors (Lipinski definition) is 5. The molecule has 1 fully saturated rings. The van der Waals surface area contributed by atoms with Gasteiger partial charge >= 0.3 is 0 Å². The average Bonchev–Trinajstić information content (AvgIpc) is 2.55. The van der Waals surface area contributed by atoms with E-state index in [2.05, 4.69) is 10.2 Å². The van der Waals surface area contributed by atoms with Crippen molar-refractivity contribution in [2.75, 3.05) is 18.4 Å². The number of nitrogens with one attached hydrogen (secondary N) is 1. The summed E-state index contributed by atoms with van der Waals surface area (Å²) in [5.74, 6) is 0.224. The highest BCUT2D eigenvalue weighted by Crippen LogP contribution is 2.24. The third-order valence-corrected chi connectivity index (χ3v) is 4.40. The van der Waals surface area contributed by atoms with Gasteiger partial charge in [0.05, 0.1) is 17.3 Å². The van der Waals surface area contributed by atoms with Gasteiger partial charge in [0.2, 0.25) is 5.43 Å². The molecular formula is C17H19ClN2O3. The Morgan fingerprint density at radius 2 is 2.04 bits per heavy atom. The summed E-state index contributed by atoms with van der Waals surface area (Å²) in [7, 11) is 0. The molecule has 1 saturated heterocycles. The third kappa shape index (κ3) is 4.06. The minimum Gasteiger partial charge on any atom is -0.502 e. The van der Waals surface area contributed by atoms with E-state index in [-0.39, 0.29) is 5.75 Å². The topological polar surface area (TPSA) is 65.7 Å². The zero-order valence-electron chi connectivity index (χ0n) is 12.7. The number of piperidine rings is 1. The zero-order valence-corrected chi connectivity index (χ0v) is 13.4. The molecule has 2 N–H and O–H groups in total. The highest BCUT2D eigenvalue weighted by molar-refractivity contribution is 6.33. The molecular weight excluding hydrogens is 316 g/mol. The van der Waals surface area contributed by atoms with Crippen LogP contribution in [0.15, 0.2) is 45.8 Å². The molecule has 1 aromatic carbocycles. The molecule has 2 aromatic rings. The molecule has 0 saturated carbocycles. The number of halogens is 1. The maximum absolute atomic E-state index is 11.4. The molecule has 6 heteroatoms. The Labute approximate surface area is 139 Å². The van der Waals surface area contributed by atoms with Crippen LogP contribution in [0.2, 0.25) is 5.02 Å². The Morgan fingerprint density at radius 3 is 2.74 bits per heavy atom. The highest BCUT2D eigenvalue weighted by atomic mass is 35.5. The lowest BCUT2D eigenvalue weighted by Crippen LogP contribution is -2.38. The number of rotatable bonds is 4. The van der Waals surface area contributed by atoms with Crippen molar-refractivity contribution in [3.05, 3.63) is 57.6 Å². The van der Waals surface area contributed by atoms with E-state index in [9.17, 15) is 9.90 Å². The SMILES string of the molecule is O=c1cc(CN2CCC(Nc3ccccc3Cl)CC2)occ1O. The van der Waals surface area contributed by atoms with Crippen molar-refractivity contribution in [1.82, 2.24) is 4.90 Å². The summed E-state index contributed by atoms with van der Waals surface area (Å²) >= 11 is 6.17. The maximum atomic E-state index is 11.4. The second-order valence-corrected chi connectivity index (χ2v) is 6.18. The molecule has 0 spiro atoms. The monoisotopic (exact) mass is 334 g/mol. The molecule has 5 nitrogen and oxygen atoms in total. The van der Waals surface area contributed by atoms with Crippen LogP contribution in [-0.4, -0.2) is 29.1 Å². The summed E-state index contributed by atoms with van der Waals surface area (Å²) < 4.78 is 5.26. The summed E-state index contributed by atoms with van der Waals surface area (Å²) in [6.45, 7) is 2.40. The molecule has 0 aliphatic carbocycles. The first-order valence-corrected chi connectivity index (χ1v) is 8.04. The summed E-state index contributed by atoms with van der Waals surface area (Å²) in [4.78, 5) is 13.7. The van der Waals surface area contributed by atoms with E-state index in [1.54, 1.807) is 0 Å². The molecule has 0 unspecified atom stereocenters. The van der Waals surface area contributed by atoms with E-state index in [1.165, 1.54) is 6.07 Å². The van der Waals surface area contributed by atoms with Gasteiger partial charge in [-0.25, -0.2) is 0 Å². The standard InChI is InChI=1S/C17H19ClN2O3/c18-14-3-1-2-4-15(14)19-12-5-7-20(8-6-12)10-13-9-16(21)17(22)11-23-13/h1-4,9,11-12,19,22H,5-8,10H2. The second-order valence-electron chi connectivity index (χ2n) is 5.77. The maximum Gasteiger partial charge on any atom is 0.226 e. The molecule has 1 aliphatic heterocycles. The van der Waals surface area contributed by atoms with Crippen LogP contribution in [0.5, 0.6) is 5.75 Å². The van der Waals surface area contributed by atoms with E-state index in [0.717, 1.165) is 42.9 Å². The molecule has 0 atom stereocenters. The lowest BCUT2D eigenvalue weighted by Gasteiger charge is -2.32. The molecule has 1 aromatic heterocycles. The van der Waals surface area contributed by atoms with Gasteiger partial charge in [-0.2, -0.15) is 0 Å². The van der Waals surface area contributed by atoms with Crippen molar-refractivity contribution in [2.24, 2.45) is 0 Å². The lowest BCUT2D eigenvalue weighted by atomic mass is 10.0. The zero-order chi connectivity index (χ0) is 16.2. The number of likely N-dealkylation sites (tertiary alicyclic amines) is 1. The van der Waals surface area contributed by atoms with Gasteiger partial charge in [0.1, 0.15) is 12.0 Å². The molecule has 2 heterocycles. The van der Waals surface area contributed by atoms with Crippen molar-refractivity contribution in [1.29, 1.82) is 0 Å². The predicted molar refractivity (Wildman–Crippen MR) is 90.0 cm³/mol. The van der Waals surface area contributed by atoms with Crippen molar-refractivity contribution >= 4 is 17.3 Å². The van der Waals surface area contributed by atoms with E-state index in [0.29, 0.717) is 18.3 Å². The van der Waals surface area contributed by atoms with Gasteiger partial charge in [-0.1, -0.05) is 23.7 Å². The number of para-hydroxylation sites is 1. The average molecular weight is 335 g/mol. The van der Waals surface area contributed by atoms with Gasteiger partial charge in [-0.05, 0) is 25.0 Å². The van der Waals surface area contributed by atoms with Gasteiger partial charge in [0.15, 0.2) is 5.75 Å². The smallest absolute Gasteiger partial charge is 0.226 e. The quantitative estimate of drug-likeness (QED) is 0.899. The molecule has 0 amide bonds. The van der Waals surface area contributed by atoms with Crippen LogP contribution >= 0.6 is 11.6 Å². The van der Waals surface area contributed by atoms with Gasteiger partial charge in [-0.15, -0.1) is 0 Å². The van der Waals surface area contributed by atoms with Crippen LogP contribution in [0.3, 0.4) is 0 Å². The first-order valence-electron chi connectivity index (χ1n) is 7.66. The minimum atomic E-state index is -0.401. The molecule has 0 radical (unpaired) electrons. The molecule has 23 heavy (non-hydrogen) atoms. The Kier molecular flexibility index (Phi) is 4.88. The van der Waals surface area contributed by atoms with Gasteiger partial charge in [0, 0.05) is 25.2 Å². The summed E-state index contributed by atoms with van der Waals surface area (Å²) in [6.07, 6.45) is 3.09. The Bertz CT molecular complexity index is 724. The number of aromatic hydroxyl groups is 1. The number of nitrogens with zero attached hydrogens (tertiary/aromatic N) is 1. The summed E-state index contributed by atoms with van der Waals surface area (Å²) in [5, 5.41) is 13.4. The number of hydrogen-bond donors (Lipinski definition) is 2. The fraction of sp³-hybridized carbons (Fsp3) is 0.353. The molecule has 0 bridgehead atoms. The fourth-order valence-electron chi connectivity index (χ4n) is 2.78. The predicted octanol–water partition coefficient (Wildman–Crippen LogP) is 3.08. The summed E-state index contributed by atoms with van der Waals surface area (Å²) in [5.41, 5.74) is 0.568. The van der Waals surface area contributed by atoms with Crippen LogP contribution in [0.4, 0.5) is 5.69 Å². The normalized spacial score (nSPS) is 16.4. The largest absolute Gasteiger partial charge is 0.502 e. The van der Waals surface area contributed by atoms with Gasteiger partial charge in [-0.3, -0.25) is 9.69 Å². The second kappa shape index (κ2) is 7.06. The molecule has 122 valence electrons. The minimum absolute atomic E-state index is 0.351. The molecule has 1 aliphatic rings. The Hall–Kier alpha value is -1.98.